The number of nitrogens with two attached hydrogens (primary N) is 1. The van der Waals surface area contributed by atoms with Crippen molar-refractivity contribution in [3.8, 4) is 0 Å². The van der Waals surface area contributed by atoms with Crippen LogP contribution in [-0.2, 0) is 14.4 Å². The molecule has 11 heteroatoms. The van der Waals surface area contributed by atoms with E-state index >= 15 is 0 Å². The molecule has 7 unspecified atom stereocenters. The van der Waals surface area contributed by atoms with Gasteiger partial charge in [0.2, 0.25) is 0 Å². The number of benzene rings is 1. The summed E-state index contributed by atoms with van der Waals surface area (Å²) in [5.41, 5.74) is 8.23. The summed E-state index contributed by atoms with van der Waals surface area (Å²) in [7, 11) is 0. The van der Waals surface area contributed by atoms with Crippen LogP contribution in [0.5, 0.6) is 0 Å². The van der Waals surface area contributed by atoms with E-state index < -0.39 is 24.2 Å². The molecule has 0 bridgehead atoms. The summed E-state index contributed by atoms with van der Waals surface area (Å²) in [6.45, 7) is 0. The van der Waals surface area contributed by atoms with E-state index in [1.807, 2.05) is 30.3 Å². The minimum Gasteiger partial charge on any atom is -0.478 e. The number of carboxylic acids is 1. The molecule has 196 valence electrons. The maximum absolute atomic E-state index is 13.1. The van der Waals surface area contributed by atoms with Crippen molar-refractivity contribution in [3.63, 3.8) is 0 Å². The molecular formula is C26H29N3O6S2. The maximum Gasteiger partial charge on any atom is 0.332 e. The van der Waals surface area contributed by atoms with Crippen LogP contribution in [0, 0.1) is 11.8 Å². The Kier molecular flexibility index (Phi) is 7.60. The molecule has 1 saturated heterocycles. The van der Waals surface area contributed by atoms with Gasteiger partial charge in [0.25, 0.3) is 0 Å². The average molecular weight is 544 g/mol. The molecule has 1 aromatic rings. The highest BCUT2D eigenvalue weighted by atomic mass is 32.2. The fourth-order valence-electron chi connectivity index (χ4n) is 5.71. The van der Waals surface area contributed by atoms with Crippen molar-refractivity contribution in [2.75, 3.05) is 11.5 Å². The van der Waals surface area contributed by atoms with Gasteiger partial charge in [-0.1, -0.05) is 41.6 Å². The number of hydrogen-bond acceptors (Lipinski definition) is 10. The van der Waals surface area contributed by atoms with Gasteiger partial charge >= 0.3 is 5.97 Å². The smallest absolute Gasteiger partial charge is 0.332 e. The van der Waals surface area contributed by atoms with Crippen LogP contribution in [0.1, 0.15) is 30.7 Å². The molecular weight excluding hydrogens is 514 g/mol. The predicted octanol–water partition coefficient (Wildman–Crippen LogP) is 1.90. The van der Waals surface area contributed by atoms with Gasteiger partial charge in [0.05, 0.1) is 22.9 Å². The van der Waals surface area contributed by atoms with Crippen molar-refractivity contribution in [3.05, 3.63) is 58.7 Å². The van der Waals surface area contributed by atoms with Crippen LogP contribution < -0.4 is 11.1 Å². The van der Waals surface area contributed by atoms with Crippen molar-refractivity contribution >= 4 is 46.8 Å². The molecule has 0 amide bonds. The summed E-state index contributed by atoms with van der Waals surface area (Å²) < 4.78 is 0. The van der Waals surface area contributed by atoms with Gasteiger partial charge in [-0.15, -0.1) is 11.8 Å². The average Bonchev–Trinajstić information content (AvgIpc) is 3.48. The SMILES string of the molecule is NC1CC(/C(=N/O)C(O)NC2C(=O)C3C(C(=O)O)=C(/C=C4/CC(c5ccccc5)CC4=O)CSC23)CS1. The van der Waals surface area contributed by atoms with Gasteiger partial charge in [-0.2, -0.15) is 11.8 Å². The normalized spacial score (nSPS) is 34.0. The molecule has 0 radical (unpaired) electrons. The Morgan fingerprint density at radius 3 is 2.59 bits per heavy atom. The molecule has 0 spiro atoms. The monoisotopic (exact) mass is 543 g/mol. The number of carbonyl (C=O) groups is 3. The number of hydrogen-bond donors (Lipinski definition) is 5. The molecule has 2 aliphatic carbocycles. The van der Waals surface area contributed by atoms with Crippen molar-refractivity contribution in [2.24, 2.45) is 22.7 Å². The standard InChI is InChI=1S/C26H29N3O6S2/c27-18-9-16(11-36-18)21(29-35)25(32)28-22-23(31)20-19(26(33)34)15(10-37-24(20)22)7-14-6-13(8-17(14)30)12-4-2-1-3-5-12/h1-5,7,13,16,18,20,22,24-25,28,32,35H,6,8-11,27H2,(H,33,34)/b14-7-,29-21-. The molecule has 4 aliphatic rings. The number of Topliss-reactive ketones (excluding diaryl/α,β-unsaturated/α-hetero) is 2. The van der Waals surface area contributed by atoms with Gasteiger partial charge in [0.15, 0.2) is 11.6 Å². The lowest BCUT2D eigenvalue weighted by Crippen LogP contribution is -2.67. The Morgan fingerprint density at radius 1 is 1.19 bits per heavy atom. The molecule has 1 aromatic carbocycles. The topological polar surface area (TPSA) is 162 Å². The van der Waals surface area contributed by atoms with Crippen molar-refractivity contribution < 1.29 is 29.8 Å². The van der Waals surface area contributed by atoms with E-state index in [4.69, 9.17) is 5.73 Å². The van der Waals surface area contributed by atoms with E-state index in [2.05, 4.69) is 10.5 Å². The first kappa shape index (κ1) is 26.2. The van der Waals surface area contributed by atoms with Crippen LogP contribution in [0.4, 0.5) is 0 Å². The number of nitrogens with zero attached hydrogens (tertiary/aromatic N) is 1. The van der Waals surface area contributed by atoms with Crippen LogP contribution in [-0.4, -0.2) is 73.1 Å². The molecule has 6 N–H and O–H groups in total. The van der Waals surface area contributed by atoms with E-state index in [1.54, 1.807) is 6.08 Å². The van der Waals surface area contributed by atoms with Gasteiger partial charge in [-0.25, -0.2) is 4.79 Å². The number of aliphatic hydroxyl groups is 1. The Morgan fingerprint density at radius 2 is 1.95 bits per heavy atom. The minimum atomic E-state index is -1.34. The molecule has 3 fully saturated rings. The van der Waals surface area contributed by atoms with E-state index in [9.17, 15) is 29.8 Å². The second kappa shape index (κ2) is 10.7. The number of rotatable bonds is 7. The highest BCUT2D eigenvalue weighted by molar-refractivity contribution is 8.00. The lowest BCUT2D eigenvalue weighted by atomic mass is 9.71. The molecule has 9 nitrogen and oxygen atoms in total. The minimum absolute atomic E-state index is 0.00133. The molecule has 2 heterocycles. The lowest BCUT2D eigenvalue weighted by molar-refractivity contribution is -0.139. The van der Waals surface area contributed by atoms with Crippen molar-refractivity contribution in [1.82, 2.24) is 5.32 Å². The van der Waals surface area contributed by atoms with Crippen LogP contribution in [0.2, 0.25) is 0 Å². The van der Waals surface area contributed by atoms with E-state index in [1.165, 1.54) is 23.5 Å². The van der Waals surface area contributed by atoms with Crippen LogP contribution >= 0.6 is 23.5 Å². The molecule has 5 rings (SSSR count). The summed E-state index contributed by atoms with van der Waals surface area (Å²) in [5, 5.41) is 35.8. The van der Waals surface area contributed by atoms with Crippen LogP contribution in [0.3, 0.4) is 0 Å². The number of allylic oxidation sites excluding steroid dienone is 2. The Labute approximate surface area is 222 Å². The first-order chi connectivity index (χ1) is 17.8. The highest BCUT2D eigenvalue weighted by Crippen LogP contribution is 2.47. The van der Waals surface area contributed by atoms with Gasteiger partial charge < -0.3 is 21.2 Å². The summed E-state index contributed by atoms with van der Waals surface area (Å²) in [4.78, 5) is 38.1. The maximum atomic E-state index is 13.1. The summed E-state index contributed by atoms with van der Waals surface area (Å²) in [5.74, 6) is -1.55. The number of thioether (sulfide) groups is 2. The quantitative estimate of drug-likeness (QED) is 0.113. The fraction of sp³-hybridized carbons (Fsp3) is 0.462. The largest absolute Gasteiger partial charge is 0.478 e. The van der Waals surface area contributed by atoms with E-state index in [0.29, 0.717) is 41.9 Å². The van der Waals surface area contributed by atoms with Crippen LogP contribution in [0.15, 0.2) is 58.3 Å². The first-order valence-corrected chi connectivity index (χ1v) is 14.3. The van der Waals surface area contributed by atoms with E-state index in [-0.39, 0.29) is 45.3 Å². The molecule has 2 saturated carbocycles. The lowest BCUT2D eigenvalue weighted by Gasteiger charge is -2.47. The summed E-state index contributed by atoms with van der Waals surface area (Å²) >= 11 is 2.95. The highest BCUT2D eigenvalue weighted by Gasteiger charge is 2.56. The fourth-order valence-corrected chi connectivity index (χ4v) is 8.35. The van der Waals surface area contributed by atoms with Crippen LogP contribution in [0.25, 0.3) is 0 Å². The number of ketones is 2. The second-order valence-electron chi connectivity index (χ2n) is 9.88. The molecule has 37 heavy (non-hydrogen) atoms. The van der Waals surface area contributed by atoms with Gasteiger partial charge in [-0.05, 0) is 35.5 Å². The Bertz CT molecular complexity index is 1200. The Hall–Kier alpha value is -2.44. The first-order valence-electron chi connectivity index (χ1n) is 12.2. The number of fused-ring (bicyclic) bond motifs is 1. The Balaban J connectivity index is 1.32. The molecule has 2 aliphatic heterocycles. The molecule has 0 aromatic heterocycles. The predicted molar refractivity (Wildman–Crippen MR) is 142 cm³/mol. The van der Waals surface area contributed by atoms with Crippen molar-refractivity contribution in [1.29, 1.82) is 0 Å². The second-order valence-corrected chi connectivity index (χ2v) is 12.3. The number of carbonyl (C=O) groups excluding carboxylic acids is 2. The van der Waals surface area contributed by atoms with Gasteiger partial charge in [-0.3, -0.25) is 14.9 Å². The molecule has 7 atom stereocenters. The van der Waals surface area contributed by atoms with Gasteiger partial charge in [0, 0.05) is 29.1 Å². The van der Waals surface area contributed by atoms with E-state index in [0.717, 1.165) is 5.56 Å². The zero-order chi connectivity index (χ0) is 26.3. The summed E-state index contributed by atoms with van der Waals surface area (Å²) in [6.07, 6.45) is 1.80. The summed E-state index contributed by atoms with van der Waals surface area (Å²) in [6, 6.07) is 9.00. The number of aliphatic hydroxyl groups excluding tert-OH is 1. The number of aliphatic carboxylic acids is 1. The van der Waals surface area contributed by atoms with Gasteiger partial charge in [0.1, 0.15) is 11.9 Å². The number of nitrogens with one attached hydrogen (secondary N) is 1. The number of carboxylic acid groups (broad SMARTS) is 1. The van der Waals surface area contributed by atoms with Crippen molar-refractivity contribution in [2.45, 2.75) is 48.1 Å². The third kappa shape index (κ3) is 5.03. The third-order valence-corrected chi connectivity index (χ3v) is 10.3. The zero-order valence-corrected chi connectivity index (χ0v) is 21.6. The zero-order valence-electron chi connectivity index (χ0n) is 19.9. The third-order valence-electron chi connectivity index (χ3n) is 7.64. The number of oxime groups is 1.